The summed E-state index contributed by atoms with van der Waals surface area (Å²) in [5.74, 6) is -0.701. The van der Waals surface area contributed by atoms with E-state index in [0.717, 1.165) is 5.56 Å². The Morgan fingerprint density at radius 2 is 2.10 bits per heavy atom. The maximum atomic E-state index is 12.0. The van der Waals surface area contributed by atoms with E-state index >= 15 is 0 Å². The van der Waals surface area contributed by atoms with Gasteiger partial charge in [-0.2, -0.15) is 0 Å². The molecule has 0 bridgehead atoms. The van der Waals surface area contributed by atoms with E-state index in [1.165, 1.54) is 4.90 Å². The molecule has 1 saturated heterocycles. The van der Waals surface area contributed by atoms with Crippen LogP contribution in [0, 0.1) is 0 Å². The van der Waals surface area contributed by atoms with Gasteiger partial charge in [0.15, 0.2) is 0 Å². The van der Waals surface area contributed by atoms with Crippen molar-refractivity contribution in [2.75, 3.05) is 13.7 Å². The summed E-state index contributed by atoms with van der Waals surface area (Å²) in [6.45, 7) is -0.199. The molecule has 6 heteroatoms. The highest BCUT2D eigenvalue weighted by Crippen LogP contribution is 2.39. The van der Waals surface area contributed by atoms with Crippen LogP contribution < -0.4 is 10.5 Å². The molecular formula is C14H18N2O4. The summed E-state index contributed by atoms with van der Waals surface area (Å²) in [6, 6.07) is 6.21. The minimum atomic E-state index is -0.996. The van der Waals surface area contributed by atoms with E-state index in [-0.39, 0.29) is 18.5 Å². The normalized spacial score (nSPS) is 21.8. The largest absolute Gasteiger partial charge is 0.496 e. The van der Waals surface area contributed by atoms with Crippen LogP contribution in [0.2, 0.25) is 0 Å². The van der Waals surface area contributed by atoms with E-state index in [0.29, 0.717) is 18.6 Å². The van der Waals surface area contributed by atoms with Crippen molar-refractivity contribution in [3.05, 3.63) is 29.8 Å². The molecule has 1 aromatic carbocycles. The number of carboxylic acid groups (broad SMARTS) is 1. The molecule has 2 rings (SSSR count). The van der Waals surface area contributed by atoms with Crippen molar-refractivity contribution < 1.29 is 19.4 Å². The van der Waals surface area contributed by atoms with Gasteiger partial charge < -0.3 is 20.5 Å². The Labute approximate surface area is 117 Å². The zero-order chi connectivity index (χ0) is 14.7. The monoisotopic (exact) mass is 278 g/mol. The highest BCUT2D eigenvalue weighted by molar-refractivity contribution is 5.86. The van der Waals surface area contributed by atoms with Crippen LogP contribution in [0.4, 0.5) is 0 Å². The fourth-order valence-corrected chi connectivity index (χ4v) is 2.75. The van der Waals surface area contributed by atoms with Crippen LogP contribution in [0.3, 0.4) is 0 Å². The minimum Gasteiger partial charge on any atom is -0.496 e. The number of ether oxygens (including phenoxy) is 1. The van der Waals surface area contributed by atoms with Gasteiger partial charge in [-0.05, 0) is 18.9 Å². The van der Waals surface area contributed by atoms with Gasteiger partial charge in [-0.1, -0.05) is 18.2 Å². The number of carboxylic acids is 1. The Kier molecular flexibility index (Phi) is 4.24. The topological polar surface area (TPSA) is 92.9 Å². The molecule has 20 heavy (non-hydrogen) atoms. The third-order valence-electron chi connectivity index (χ3n) is 3.63. The van der Waals surface area contributed by atoms with E-state index in [1.54, 1.807) is 13.2 Å². The molecule has 6 nitrogen and oxygen atoms in total. The molecule has 108 valence electrons. The van der Waals surface area contributed by atoms with Crippen molar-refractivity contribution in [3.63, 3.8) is 0 Å². The van der Waals surface area contributed by atoms with Crippen molar-refractivity contribution in [1.29, 1.82) is 0 Å². The lowest BCUT2D eigenvalue weighted by Crippen LogP contribution is -2.44. The molecule has 1 unspecified atom stereocenters. The number of methoxy groups -OCH3 is 1. The number of para-hydroxylation sites is 1. The number of hydrogen-bond donors (Lipinski definition) is 2. The predicted molar refractivity (Wildman–Crippen MR) is 72.3 cm³/mol. The van der Waals surface area contributed by atoms with Crippen LogP contribution in [0.5, 0.6) is 5.75 Å². The summed E-state index contributed by atoms with van der Waals surface area (Å²) >= 11 is 0. The van der Waals surface area contributed by atoms with Crippen LogP contribution >= 0.6 is 0 Å². The van der Waals surface area contributed by atoms with Gasteiger partial charge in [0, 0.05) is 5.56 Å². The van der Waals surface area contributed by atoms with Crippen LogP contribution in [-0.4, -0.2) is 41.6 Å². The Bertz CT molecular complexity index is 518. The number of benzene rings is 1. The minimum absolute atomic E-state index is 0.199. The highest BCUT2D eigenvalue weighted by atomic mass is 16.5. The zero-order valence-electron chi connectivity index (χ0n) is 11.3. The quantitative estimate of drug-likeness (QED) is 0.848. The molecule has 2 atom stereocenters. The van der Waals surface area contributed by atoms with E-state index in [1.807, 2.05) is 18.2 Å². The van der Waals surface area contributed by atoms with Crippen LogP contribution in [0.25, 0.3) is 0 Å². The molecule has 0 saturated carbocycles. The molecule has 1 heterocycles. The maximum Gasteiger partial charge on any atom is 0.326 e. The molecular weight excluding hydrogens is 260 g/mol. The van der Waals surface area contributed by atoms with Crippen LogP contribution in [0.1, 0.15) is 24.4 Å². The number of nitrogens with zero attached hydrogens (tertiary/aromatic N) is 1. The number of aliphatic carboxylic acids is 1. The van der Waals surface area contributed by atoms with Gasteiger partial charge in [-0.25, -0.2) is 4.79 Å². The lowest BCUT2D eigenvalue weighted by Gasteiger charge is -2.29. The fourth-order valence-electron chi connectivity index (χ4n) is 2.75. The first-order valence-electron chi connectivity index (χ1n) is 6.47. The van der Waals surface area contributed by atoms with Crippen LogP contribution in [0.15, 0.2) is 24.3 Å². The Hall–Kier alpha value is -2.08. The lowest BCUT2D eigenvalue weighted by atomic mass is 10.0. The first kappa shape index (κ1) is 14.3. The second-order valence-corrected chi connectivity index (χ2v) is 4.69. The van der Waals surface area contributed by atoms with Crippen molar-refractivity contribution in [2.45, 2.75) is 24.9 Å². The van der Waals surface area contributed by atoms with E-state index in [9.17, 15) is 14.7 Å². The summed E-state index contributed by atoms with van der Waals surface area (Å²) in [6.07, 6.45) is 1.01. The number of carbonyl (C=O) groups excluding carboxylic acids is 1. The number of hydrogen-bond acceptors (Lipinski definition) is 4. The zero-order valence-corrected chi connectivity index (χ0v) is 11.3. The molecule has 0 spiro atoms. The van der Waals surface area contributed by atoms with Gasteiger partial charge in [0.25, 0.3) is 0 Å². The second kappa shape index (κ2) is 5.92. The summed E-state index contributed by atoms with van der Waals surface area (Å²) in [4.78, 5) is 24.7. The summed E-state index contributed by atoms with van der Waals surface area (Å²) in [5.41, 5.74) is 6.23. The molecule has 0 aliphatic carbocycles. The summed E-state index contributed by atoms with van der Waals surface area (Å²) in [5, 5.41) is 9.25. The van der Waals surface area contributed by atoms with Crippen molar-refractivity contribution in [1.82, 2.24) is 4.90 Å². The Morgan fingerprint density at radius 1 is 1.40 bits per heavy atom. The second-order valence-electron chi connectivity index (χ2n) is 4.69. The predicted octanol–water partition coefficient (Wildman–Crippen LogP) is 0.771. The third-order valence-corrected chi connectivity index (χ3v) is 3.63. The average molecular weight is 278 g/mol. The van der Waals surface area contributed by atoms with Crippen molar-refractivity contribution in [2.24, 2.45) is 5.73 Å². The number of likely N-dealkylation sites (tertiary alicyclic amines) is 1. The van der Waals surface area contributed by atoms with Crippen molar-refractivity contribution in [3.8, 4) is 5.75 Å². The molecule has 0 aromatic heterocycles. The van der Waals surface area contributed by atoms with E-state index in [4.69, 9.17) is 10.5 Å². The summed E-state index contributed by atoms with van der Waals surface area (Å²) in [7, 11) is 1.55. The molecule has 3 N–H and O–H groups in total. The third kappa shape index (κ3) is 2.46. The maximum absolute atomic E-state index is 12.0. The van der Waals surface area contributed by atoms with Gasteiger partial charge in [-0.3, -0.25) is 4.79 Å². The molecule has 1 fully saturated rings. The lowest BCUT2D eigenvalue weighted by molar-refractivity contribution is -0.149. The number of amides is 1. The van der Waals surface area contributed by atoms with Crippen LogP contribution in [-0.2, 0) is 9.59 Å². The van der Waals surface area contributed by atoms with Gasteiger partial charge in [0.2, 0.25) is 5.91 Å². The molecule has 1 aromatic rings. The molecule has 1 aliphatic rings. The standard InChI is InChI=1S/C14H18N2O4/c1-20-12-5-3-2-4-9(12)10-6-7-11(14(18)19)16(10)13(17)8-15/h2-5,10-11H,6-8,15H2,1H3,(H,18,19)/t10?,11-/m0/s1. The molecule has 1 aliphatic heterocycles. The van der Waals surface area contributed by atoms with Gasteiger partial charge in [0.05, 0.1) is 19.7 Å². The number of nitrogens with two attached hydrogens (primary N) is 1. The SMILES string of the molecule is COc1ccccc1C1CC[C@@H](C(=O)O)N1C(=O)CN. The smallest absolute Gasteiger partial charge is 0.326 e. The number of carbonyl (C=O) groups is 2. The number of rotatable bonds is 4. The first-order chi connectivity index (χ1) is 9.60. The highest BCUT2D eigenvalue weighted by Gasteiger charge is 2.41. The van der Waals surface area contributed by atoms with E-state index < -0.39 is 12.0 Å². The Morgan fingerprint density at radius 3 is 2.70 bits per heavy atom. The molecule has 0 radical (unpaired) electrons. The van der Waals surface area contributed by atoms with E-state index in [2.05, 4.69) is 0 Å². The molecule has 1 amide bonds. The van der Waals surface area contributed by atoms with Gasteiger partial charge >= 0.3 is 5.97 Å². The van der Waals surface area contributed by atoms with Gasteiger partial charge in [0.1, 0.15) is 11.8 Å². The van der Waals surface area contributed by atoms with Gasteiger partial charge in [-0.15, -0.1) is 0 Å². The van der Waals surface area contributed by atoms with Crippen molar-refractivity contribution >= 4 is 11.9 Å². The average Bonchev–Trinajstić information content (AvgIpc) is 2.91. The Balaban J connectivity index is 2.39. The first-order valence-corrected chi connectivity index (χ1v) is 6.47. The fraction of sp³-hybridized carbons (Fsp3) is 0.429. The summed E-state index contributed by atoms with van der Waals surface area (Å²) < 4.78 is 5.30.